The van der Waals surface area contributed by atoms with Crippen LogP contribution in [0, 0.1) is 6.92 Å². The van der Waals surface area contributed by atoms with Gasteiger partial charge in [-0.2, -0.15) is 0 Å². The highest BCUT2D eigenvalue weighted by Gasteiger charge is 2.23. The standard InChI is InChI=1S/C24H26N4O6S.C7H7Cl/c1-35(32,33)26-15-17-6-2-4-8-19(17)27-10-12-28(13-11-27)23(30)16-25-24(31)22-14-20(29)18-7-3-5-9-21(18)34-22;1-6-2-4-7(8)5-3-6/h2-9,14,26H,10-13,15-16H2,1H3,(H,25,31);2-5H,1H3. The third-order valence-electron chi connectivity index (χ3n) is 6.76. The maximum Gasteiger partial charge on any atom is 0.287 e. The predicted molar refractivity (Wildman–Crippen MR) is 168 cm³/mol. The number of piperazine rings is 1. The molecule has 2 N–H and O–H groups in total. The summed E-state index contributed by atoms with van der Waals surface area (Å²) in [6.07, 6.45) is 1.12. The molecule has 1 aromatic heterocycles. The van der Waals surface area contributed by atoms with Gasteiger partial charge in [0.1, 0.15) is 5.58 Å². The van der Waals surface area contributed by atoms with Gasteiger partial charge in [0.15, 0.2) is 11.2 Å². The zero-order valence-corrected chi connectivity index (χ0v) is 25.5. The molecule has 12 heteroatoms. The summed E-state index contributed by atoms with van der Waals surface area (Å²) in [7, 11) is -3.32. The molecule has 2 heterocycles. The van der Waals surface area contributed by atoms with Gasteiger partial charge in [0.25, 0.3) is 5.91 Å². The number of fused-ring (bicyclic) bond motifs is 1. The zero-order valence-electron chi connectivity index (χ0n) is 23.9. The quantitative estimate of drug-likeness (QED) is 0.322. The molecule has 1 fully saturated rings. The van der Waals surface area contributed by atoms with Crippen molar-refractivity contribution in [2.45, 2.75) is 13.5 Å². The third kappa shape index (κ3) is 9.15. The van der Waals surface area contributed by atoms with Crippen LogP contribution in [0.4, 0.5) is 5.69 Å². The molecule has 5 rings (SSSR count). The molecule has 0 saturated carbocycles. The number of halogens is 1. The van der Waals surface area contributed by atoms with E-state index in [0.717, 1.165) is 28.6 Å². The number of aryl methyl sites for hydroxylation is 1. The van der Waals surface area contributed by atoms with Crippen LogP contribution in [-0.4, -0.2) is 64.1 Å². The van der Waals surface area contributed by atoms with Gasteiger partial charge in [0.2, 0.25) is 15.9 Å². The summed E-state index contributed by atoms with van der Waals surface area (Å²) in [6, 6.07) is 23.0. The number of hydrogen-bond donors (Lipinski definition) is 2. The zero-order chi connectivity index (χ0) is 31.0. The van der Waals surface area contributed by atoms with E-state index in [2.05, 4.69) is 14.9 Å². The molecule has 0 atom stereocenters. The number of amides is 2. The van der Waals surface area contributed by atoms with Crippen molar-refractivity contribution in [3.63, 3.8) is 0 Å². The van der Waals surface area contributed by atoms with E-state index >= 15 is 0 Å². The Morgan fingerprint density at radius 3 is 2.26 bits per heavy atom. The van der Waals surface area contributed by atoms with Gasteiger partial charge in [0, 0.05) is 49.5 Å². The van der Waals surface area contributed by atoms with Crippen LogP contribution in [0.5, 0.6) is 0 Å². The monoisotopic (exact) mass is 624 g/mol. The van der Waals surface area contributed by atoms with Gasteiger partial charge in [-0.3, -0.25) is 14.4 Å². The largest absolute Gasteiger partial charge is 0.451 e. The van der Waals surface area contributed by atoms with E-state index in [-0.39, 0.29) is 30.2 Å². The number of benzene rings is 3. The van der Waals surface area contributed by atoms with E-state index in [1.807, 2.05) is 55.5 Å². The van der Waals surface area contributed by atoms with Crippen molar-refractivity contribution >= 4 is 50.1 Å². The molecule has 2 amide bonds. The molecule has 0 spiro atoms. The normalized spacial score (nSPS) is 13.3. The van der Waals surface area contributed by atoms with Crippen LogP contribution >= 0.6 is 11.6 Å². The summed E-state index contributed by atoms with van der Waals surface area (Å²) in [4.78, 5) is 41.1. The first kappa shape index (κ1) is 31.7. The molecule has 10 nitrogen and oxygen atoms in total. The van der Waals surface area contributed by atoms with E-state index in [4.69, 9.17) is 16.0 Å². The molecule has 0 bridgehead atoms. The molecule has 1 aliphatic rings. The van der Waals surface area contributed by atoms with Gasteiger partial charge in [-0.15, -0.1) is 0 Å². The number of carbonyl (C=O) groups excluding carboxylic acids is 2. The van der Waals surface area contributed by atoms with Crippen molar-refractivity contribution < 1.29 is 22.4 Å². The summed E-state index contributed by atoms with van der Waals surface area (Å²) in [5.41, 5.74) is 2.98. The lowest BCUT2D eigenvalue weighted by Gasteiger charge is -2.37. The molecular formula is C31H33ClN4O6S. The Hall–Kier alpha value is -4.19. The molecule has 0 aliphatic carbocycles. The third-order valence-corrected chi connectivity index (χ3v) is 7.68. The number of carbonyl (C=O) groups is 2. The van der Waals surface area contributed by atoms with Gasteiger partial charge in [-0.1, -0.05) is 59.6 Å². The van der Waals surface area contributed by atoms with Crippen LogP contribution in [0.1, 0.15) is 21.7 Å². The molecule has 226 valence electrons. The van der Waals surface area contributed by atoms with Gasteiger partial charge in [-0.25, -0.2) is 13.1 Å². The van der Waals surface area contributed by atoms with Crippen molar-refractivity contribution in [1.82, 2.24) is 14.9 Å². The van der Waals surface area contributed by atoms with Crippen LogP contribution in [0.3, 0.4) is 0 Å². The molecule has 1 aliphatic heterocycles. The van der Waals surface area contributed by atoms with E-state index in [0.29, 0.717) is 37.1 Å². The Balaban J connectivity index is 0.000000458. The second kappa shape index (κ2) is 14.3. The summed E-state index contributed by atoms with van der Waals surface area (Å²) in [5, 5.41) is 3.71. The lowest BCUT2D eigenvalue weighted by Crippen LogP contribution is -2.51. The highest BCUT2D eigenvalue weighted by atomic mass is 35.5. The fraction of sp³-hybridized carbons (Fsp3) is 0.258. The molecule has 0 unspecified atom stereocenters. The van der Waals surface area contributed by atoms with Gasteiger partial charge >= 0.3 is 0 Å². The number of sulfonamides is 1. The highest BCUT2D eigenvalue weighted by molar-refractivity contribution is 7.88. The van der Waals surface area contributed by atoms with Crippen molar-refractivity contribution in [1.29, 1.82) is 0 Å². The van der Waals surface area contributed by atoms with Crippen LogP contribution in [-0.2, 0) is 21.4 Å². The Morgan fingerprint density at radius 2 is 1.58 bits per heavy atom. The maximum atomic E-state index is 12.7. The lowest BCUT2D eigenvalue weighted by atomic mass is 10.1. The Morgan fingerprint density at radius 1 is 0.930 bits per heavy atom. The fourth-order valence-electron chi connectivity index (χ4n) is 4.48. The summed E-state index contributed by atoms with van der Waals surface area (Å²) in [5.74, 6) is -1.02. The average molecular weight is 625 g/mol. The van der Waals surface area contributed by atoms with Crippen molar-refractivity contribution in [3.8, 4) is 0 Å². The highest BCUT2D eigenvalue weighted by Crippen LogP contribution is 2.22. The molecule has 3 aromatic carbocycles. The van der Waals surface area contributed by atoms with E-state index < -0.39 is 15.9 Å². The lowest BCUT2D eigenvalue weighted by molar-refractivity contribution is -0.130. The Labute approximate surface area is 255 Å². The van der Waals surface area contributed by atoms with Crippen molar-refractivity contribution in [2.24, 2.45) is 0 Å². The fourth-order valence-corrected chi connectivity index (χ4v) is 5.02. The number of hydrogen-bond acceptors (Lipinski definition) is 7. The molecule has 4 aromatic rings. The number of rotatable bonds is 7. The number of anilines is 1. The van der Waals surface area contributed by atoms with Crippen LogP contribution in [0.25, 0.3) is 11.0 Å². The Bertz CT molecular complexity index is 1730. The topological polar surface area (TPSA) is 129 Å². The van der Waals surface area contributed by atoms with Crippen molar-refractivity contribution in [3.05, 3.63) is 111 Å². The summed E-state index contributed by atoms with van der Waals surface area (Å²) >= 11 is 5.61. The van der Waals surface area contributed by atoms with Gasteiger partial charge in [0.05, 0.1) is 18.2 Å². The molecule has 0 radical (unpaired) electrons. The Kier molecular flexibility index (Phi) is 10.6. The smallest absolute Gasteiger partial charge is 0.287 e. The van der Waals surface area contributed by atoms with Crippen LogP contribution in [0.2, 0.25) is 5.02 Å². The first-order valence-electron chi connectivity index (χ1n) is 13.6. The molecular weight excluding hydrogens is 592 g/mol. The minimum Gasteiger partial charge on any atom is -0.451 e. The number of nitrogens with one attached hydrogen (secondary N) is 2. The number of nitrogens with zero attached hydrogens (tertiary/aromatic N) is 2. The first-order valence-corrected chi connectivity index (χ1v) is 15.9. The maximum absolute atomic E-state index is 12.7. The molecule has 43 heavy (non-hydrogen) atoms. The van der Waals surface area contributed by atoms with Gasteiger partial charge < -0.3 is 19.5 Å². The second-order valence-corrected chi connectivity index (χ2v) is 12.3. The minimum atomic E-state index is -3.32. The van der Waals surface area contributed by atoms with E-state index in [9.17, 15) is 22.8 Å². The first-order chi connectivity index (χ1) is 20.5. The minimum absolute atomic E-state index is 0.148. The van der Waals surface area contributed by atoms with Crippen LogP contribution in [0.15, 0.2) is 88.1 Å². The average Bonchev–Trinajstić information content (AvgIpc) is 3.00. The van der Waals surface area contributed by atoms with Gasteiger partial charge in [-0.05, 0) is 42.8 Å². The summed E-state index contributed by atoms with van der Waals surface area (Å²) in [6.45, 7) is 4.04. The SMILES string of the molecule is CS(=O)(=O)NCc1ccccc1N1CCN(C(=O)CNC(=O)c2cc(=O)c3ccccc3o2)CC1.Cc1ccc(Cl)cc1. The van der Waals surface area contributed by atoms with E-state index in [1.54, 1.807) is 29.2 Å². The second-order valence-electron chi connectivity index (χ2n) is 10.0. The number of para-hydroxylation sites is 2. The van der Waals surface area contributed by atoms with Crippen LogP contribution < -0.4 is 20.4 Å². The van der Waals surface area contributed by atoms with E-state index in [1.165, 1.54) is 5.56 Å². The summed E-state index contributed by atoms with van der Waals surface area (Å²) < 4.78 is 31.0. The predicted octanol–water partition coefficient (Wildman–Crippen LogP) is 3.57. The van der Waals surface area contributed by atoms with Crippen molar-refractivity contribution in [2.75, 3.05) is 43.9 Å². The molecule has 1 saturated heterocycles.